The van der Waals surface area contributed by atoms with Gasteiger partial charge in [0.15, 0.2) is 0 Å². The van der Waals surface area contributed by atoms with Crippen molar-refractivity contribution in [2.45, 2.75) is 30.8 Å². The monoisotopic (exact) mass is 324 g/mol. The van der Waals surface area contributed by atoms with Crippen molar-refractivity contribution in [2.75, 3.05) is 19.7 Å². The maximum absolute atomic E-state index is 12.8. The van der Waals surface area contributed by atoms with Crippen LogP contribution >= 0.6 is 0 Å². The normalized spacial score (nSPS) is 26.9. The van der Waals surface area contributed by atoms with Crippen molar-refractivity contribution >= 4 is 5.91 Å². The summed E-state index contributed by atoms with van der Waals surface area (Å²) < 4.78 is 8.17. The summed E-state index contributed by atoms with van der Waals surface area (Å²) in [7, 11) is 1.92. The molecule has 1 aromatic carbocycles. The van der Waals surface area contributed by atoms with Crippen LogP contribution in [0.3, 0.4) is 0 Å². The summed E-state index contributed by atoms with van der Waals surface area (Å²) in [4.78, 5) is 14.8. The summed E-state index contributed by atoms with van der Waals surface area (Å²) >= 11 is 0. The van der Waals surface area contributed by atoms with E-state index in [1.165, 1.54) is 5.56 Å². The Labute approximate surface area is 143 Å². The maximum Gasteiger partial charge on any atom is 0.270 e. The fourth-order valence-corrected chi connectivity index (χ4v) is 4.18. The van der Waals surface area contributed by atoms with Crippen LogP contribution in [-0.2, 0) is 11.8 Å². The number of piperidine rings is 1. The minimum absolute atomic E-state index is 0.119. The summed E-state index contributed by atoms with van der Waals surface area (Å²) in [6.07, 6.45) is 4.99. The number of amides is 1. The van der Waals surface area contributed by atoms with Crippen LogP contribution in [0.5, 0.6) is 0 Å². The topological polar surface area (TPSA) is 34.5 Å². The first-order chi connectivity index (χ1) is 11.7. The van der Waals surface area contributed by atoms with Crippen LogP contribution in [0.25, 0.3) is 0 Å². The van der Waals surface area contributed by atoms with Gasteiger partial charge < -0.3 is 14.2 Å². The molecule has 0 aliphatic carbocycles. The number of benzene rings is 1. The van der Waals surface area contributed by atoms with Crippen molar-refractivity contribution in [3.63, 3.8) is 0 Å². The van der Waals surface area contributed by atoms with Gasteiger partial charge in [-0.3, -0.25) is 4.79 Å². The molecular formula is C20H24N2O2. The summed E-state index contributed by atoms with van der Waals surface area (Å²) in [5.41, 5.74) is 1.93. The van der Waals surface area contributed by atoms with Crippen LogP contribution in [0.4, 0.5) is 0 Å². The second-order valence-corrected chi connectivity index (χ2v) is 7.14. The lowest BCUT2D eigenvalue weighted by molar-refractivity contribution is -0.0449. The van der Waals surface area contributed by atoms with E-state index < -0.39 is 0 Å². The van der Waals surface area contributed by atoms with Crippen molar-refractivity contribution in [3.05, 3.63) is 59.9 Å². The van der Waals surface area contributed by atoms with Crippen LogP contribution in [0, 0.1) is 0 Å². The van der Waals surface area contributed by atoms with Gasteiger partial charge in [-0.1, -0.05) is 30.3 Å². The van der Waals surface area contributed by atoms with Crippen LogP contribution in [0.2, 0.25) is 0 Å². The van der Waals surface area contributed by atoms with Gasteiger partial charge in [-0.05, 0) is 37.0 Å². The van der Waals surface area contributed by atoms with Gasteiger partial charge in [-0.2, -0.15) is 0 Å². The SMILES string of the molecule is Cn1cccc1C(=O)N1CCC[C@@]2(C[C@H](c3ccccc3)CO2)C1. The molecule has 2 saturated heterocycles. The second kappa shape index (κ2) is 6.10. The molecule has 2 aliphatic rings. The van der Waals surface area contributed by atoms with Gasteiger partial charge in [0.1, 0.15) is 5.69 Å². The average Bonchev–Trinajstić information content (AvgIpc) is 3.22. The highest BCUT2D eigenvalue weighted by Crippen LogP contribution is 2.41. The molecule has 0 saturated carbocycles. The van der Waals surface area contributed by atoms with Crippen molar-refractivity contribution in [1.82, 2.24) is 9.47 Å². The Hall–Kier alpha value is -2.07. The standard InChI is InChI=1S/C20H24N2O2/c1-21-11-5-9-18(21)19(23)22-12-6-10-20(15-22)13-17(14-24-20)16-7-3-2-4-8-16/h2-5,7-9,11,17H,6,10,12-15H2,1H3/t17-,20+/m0/s1. The number of carbonyl (C=O) groups is 1. The summed E-state index contributed by atoms with van der Waals surface area (Å²) in [5.74, 6) is 0.560. The van der Waals surface area contributed by atoms with E-state index in [0.29, 0.717) is 12.5 Å². The van der Waals surface area contributed by atoms with Crippen molar-refractivity contribution < 1.29 is 9.53 Å². The van der Waals surface area contributed by atoms with E-state index in [1.807, 2.05) is 34.8 Å². The van der Waals surface area contributed by atoms with E-state index >= 15 is 0 Å². The van der Waals surface area contributed by atoms with Crippen LogP contribution in [0.1, 0.15) is 41.2 Å². The number of nitrogens with zero attached hydrogens (tertiary/aromatic N) is 2. The number of likely N-dealkylation sites (tertiary alicyclic amines) is 1. The zero-order chi connectivity index (χ0) is 16.6. The molecule has 2 aromatic rings. The number of rotatable bonds is 2. The average molecular weight is 324 g/mol. The van der Waals surface area contributed by atoms with Crippen molar-refractivity contribution in [3.8, 4) is 0 Å². The first kappa shape index (κ1) is 15.5. The molecule has 4 heteroatoms. The maximum atomic E-state index is 12.8. The number of aryl methyl sites for hydroxylation is 1. The molecule has 1 spiro atoms. The van der Waals surface area contributed by atoms with Crippen LogP contribution < -0.4 is 0 Å². The zero-order valence-electron chi connectivity index (χ0n) is 14.1. The van der Waals surface area contributed by atoms with E-state index in [1.54, 1.807) is 0 Å². The molecule has 3 heterocycles. The number of ether oxygens (including phenoxy) is 1. The lowest BCUT2D eigenvalue weighted by Crippen LogP contribution is -2.50. The predicted molar refractivity (Wildman–Crippen MR) is 93.0 cm³/mol. The lowest BCUT2D eigenvalue weighted by Gasteiger charge is -2.39. The Morgan fingerprint density at radius 1 is 1.21 bits per heavy atom. The van der Waals surface area contributed by atoms with Gasteiger partial charge in [-0.25, -0.2) is 0 Å². The first-order valence-electron chi connectivity index (χ1n) is 8.76. The Morgan fingerprint density at radius 2 is 2.04 bits per heavy atom. The van der Waals surface area contributed by atoms with Gasteiger partial charge in [0.05, 0.1) is 18.8 Å². The lowest BCUT2D eigenvalue weighted by atomic mass is 9.84. The predicted octanol–water partition coefficient (Wildman–Crippen LogP) is 3.20. The second-order valence-electron chi connectivity index (χ2n) is 7.14. The van der Waals surface area contributed by atoms with E-state index in [0.717, 1.165) is 38.1 Å². The number of hydrogen-bond acceptors (Lipinski definition) is 2. The minimum Gasteiger partial charge on any atom is -0.372 e. The smallest absolute Gasteiger partial charge is 0.270 e. The molecule has 2 fully saturated rings. The molecule has 1 amide bonds. The van der Waals surface area contributed by atoms with Gasteiger partial charge in [0.2, 0.25) is 0 Å². The highest BCUT2D eigenvalue weighted by atomic mass is 16.5. The summed E-state index contributed by atoms with van der Waals surface area (Å²) in [5, 5.41) is 0. The van der Waals surface area contributed by atoms with Gasteiger partial charge in [0.25, 0.3) is 5.91 Å². The van der Waals surface area contributed by atoms with Gasteiger partial charge >= 0.3 is 0 Å². The molecule has 0 unspecified atom stereocenters. The van der Waals surface area contributed by atoms with E-state index in [4.69, 9.17) is 4.74 Å². The Balaban J connectivity index is 1.49. The van der Waals surface area contributed by atoms with E-state index in [2.05, 4.69) is 30.3 Å². The molecule has 126 valence electrons. The van der Waals surface area contributed by atoms with Gasteiger partial charge in [0, 0.05) is 25.7 Å². The van der Waals surface area contributed by atoms with Crippen molar-refractivity contribution in [2.24, 2.45) is 7.05 Å². The third-order valence-electron chi connectivity index (χ3n) is 5.47. The zero-order valence-corrected chi connectivity index (χ0v) is 14.1. The Kier molecular flexibility index (Phi) is 3.93. The molecule has 0 N–H and O–H groups in total. The van der Waals surface area contributed by atoms with Crippen LogP contribution in [0.15, 0.2) is 48.7 Å². The van der Waals surface area contributed by atoms with Gasteiger partial charge in [-0.15, -0.1) is 0 Å². The Bertz CT molecular complexity index is 724. The van der Waals surface area contributed by atoms with E-state index in [-0.39, 0.29) is 11.5 Å². The summed E-state index contributed by atoms with van der Waals surface area (Å²) in [6.45, 7) is 2.29. The molecule has 2 aliphatic heterocycles. The molecule has 2 atom stereocenters. The highest BCUT2D eigenvalue weighted by molar-refractivity contribution is 5.92. The molecule has 0 bridgehead atoms. The largest absolute Gasteiger partial charge is 0.372 e. The first-order valence-corrected chi connectivity index (χ1v) is 8.76. The molecule has 24 heavy (non-hydrogen) atoms. The summed E-state index contributed by atoms with van der Waals surface area (Å²) in [6, 6.07) is 14.4. The highest BCUT2D eigenvalue weighted by Gasteiger charge is 2.45. The minimum atomic E-state index is -0.167. The Morgan fingerprint density at radius 3 is 2.79 bits per heavy atom. The third-order valence-corrected chi connectivity index (χ3v) is 5.47. The number of aromatic nitrogens is 1. The third kappa shape index (κ3) is 2.75. The number of carbonyl (C=O) groups excluding carboxylic acids is 1. The fourth-order valence-electron chi connectivity index (χ4n) is 4.18. The fraction of sp³-hybridized carbons (Fsp3) is 0.450. The number of hydrogen-bond donors (Lipinski definition) is 0. The molecular weight excluding hydrogens is 300 g/mol. The van der Waals surface area contributed by atoms with E-state index in [9.17, 15) is 4.79 Å². The molecule has 0 radical (unpaired) electrons. The molecule has 4 nitrogen and oxygen atoms in total. The quantitative estimate of drug-likeness (QED) is 0.850. The molecule has 1 aromatic heterocycles. The van der Waals surface area contributed by atoms with Crippen LogP contribution in [-0.4, -0.2) is 40.7 Å². The molecule has 4 rings (SSSR count). The van der Waals surface area contributed by atoms with Crippen molar-refractivity contribution in [1.29, 1.82) is 0 Å².